The summed E-state index contributed by atoms with van der Waals surface area (Å²) in [4.78, 5) is 0. The molecule has 40 valence electrons. The molecule has 0 aromatic rings. The van der Waals surface area contributed by atoms with Crippen LogP contribution in [0.5, 0.6) is 0 Å². The van der Waals surface area contributed by atoms with E-state index in [1.54, 1.807) is 0 Å². The smallest absolute Gasteiger partial charge is 0.0149 e. The normalized spacial score (nSPS) is 2.29. The molecule has 7 heteroatoms. The van der Waals surface area contributed by atoms with Gasteiger partial charge in [-0.15, -0.1) is 0 Å². The average Bonchev–Trinajstić information content (AvgIpc) is 1.39. The van der Waals surface area contributed by atoms with Gasteiger partial charge in [0.2, 0.25) is 0 Å². The Morgan fingerprint density at radius 3 is 0.714 bits per heavy atom. The van der Waals surface area contributed by atoms with Crippen LogP contribution in [-0.4, -0.2) is 11.0 Å². The maximum absolute atomic E-state index is 8.50. The van der Waals surface area contributed by atoms with E-state index in [1.807, 2.05) is 0 Å². The van der Waals surface area contributed by atoms with Crippen LogP contribution in [-0.2, 0) is 51.5 Å². The van der Waals surface area contributed by atoms with Gasteiger partial charge in [0.25, 0.3) is 0 Å². The summed E-state index contributed by atoms with van der Waals surface area (Å²) in [5.41, 5.74) is 0. The largest absolute Gasteiger partial charge is 0.0149 e. The monoisotopic (exact) mass is 192 g/mol. The van der Waals surface area contributed by atoms with Crippen LogP contribution in [0.4, 0.5) is 0 Å². The topological polar surface area (TPSA) is 68.3 Å². The van der Waals surface area contributed by atoms with Gasteiger partial charge in [0, 0.05) is 0 Å². The third-order valence-electron chi connectivity index (χ3n) is 0. The van der Waals surface area contributed by atoms with E-state index in [-0.39, 0.29) is 11.0 Å². The van der Waals surface area contributed by atoms with Gasteiger partial charge in [-0.2, -0.15) is 0 Å². The molecule has 0 bridgehead atoms. The van der Waals surface area contributed by atoms with Crippen LogP contribution in [0.3, 0.4) is 0 Å². The predicted octanol–water partition coefficient (Wildman–Crippen LogP) is -1.93. The summed E-state index contributed by atoms with van der Waals surface area (Å²) in [6.07, 6.45) is 0. The van der Waals surface area contributed by atoms with E-state index >= 15 is 0 Å². The van der Waals surface area contributed by atoms with Crippen molar-refractivity contribution < 1.29 is 51.5 Å². The Balaban J connectivity index is -0.0000000400. The van der Waals surface area contributed by atoms with E-state index < -0.39 is 38.2 Å². The van der Waals surface area contributed by atoms with Crippen molar-refractivity contribution in [1.82, 2.24) is 0 Å². The maximum atomic E-state index is 8.50. The molecule has 0 aromatic carbocycles. The van der Waals surface area contributed by atoms with Crippen LogP contribution in [0.1, 0.15) is 0 Å². The van der Waals surface area contributed by atoms with Crippen molar-refractivity contribution in [3.05, 3.63) is 0 Å². The van der Waals surface area contributed by atoms with E-state index in [9.17, 15) is 0 Å². The zero-order valence-corrected chi connectivity index (χ0v) is 5.76. The van der Waals surface area contributed by atoms with Crippen LogP contribution < -0.4 is 0 Å². The first-order chi connectivity index (χ1) is 2.83. The van der Waals surface area contributed by atoms with Crippen LogP contribution in [0.25, 0.3) is 0 Å². The molecule has 7 heavy (non-hydrogen) atoms. The summed E-state index contributed by atoms with van der Waals surface area (Å²) in [5, 5.41) is 0. The Kier molecular flexibility index (Phi) is 64.6. The quantitative estimate of drug-likeness (QED) is 0.419. The van der Waals surface area contributed by atoms with Crippen molar-refractivity contribution >= 4 is 11.0 Å². The van der Waals surface area contributed by atoms with E-state index in [0.29, 0.717) is 0 Å². The second-order valence-electron chi connectivity index (χ2n) is 0.167. The second kappa shape index (κ2) is 28.9. The Morgan fingerprint density at radius 1 is 0.714 bits per heavy atom. The Morgan fingerprint density at radius 2 is 0.714 bits per heavy atom. The molecular formula is H4O4SiTi2. The molecule has 0 aliphatic heterocycles. The Bertz CT molecular complexity index is 63.7. The molecule has 0 aromatic heterocycles. The molecule has 0 heterocycles. The zero-order chi connectivity index (χ0) is 5.41. The minimum absolute atomic E-state index is 0. The molecule has 0 saturated carbocycles. The maximum Gasteiger partial charge on any atom is -0.0149 e. The fourth-order valence-corrected chi connectivity index (χ4v) is 0. The summed E-state index contributed by atoms with van der Waals surface area (Å²) in [6.45, 7) is 0. The third kappa shape index (κ3) is 225. The number of hydrogen-bond donors (Lipinski definition) is 0. The Hall–Kier alpha value is 0.845. The van der Waals surface area contributed by atoms with Crippen molar-refractivity contribution in [3.8, 4) is 0 Å². The van der Waals surface area contributed by atoms with E-state index in [4.69, 9.17) is 13.3 Å². The van der Waals surface area contributed by atoms with E-state index in [2.05, 4.69) is 0 Å². The molecule has 0 saturated heterocycles. The first-order valence-corrected chi connectivity index (χ1v) is 3.37. The van der Waals surface area contributed by atoms with Gasteiger partial charge in [0.05, 0.1) is 0 Å². The molecule has 4 nitrogen and oxygen atoms in total. The van der Waals surface area contributed by atoms with Crippen molar-refractivity contribution in [1.29, 1.82) is 0 Å². The van der Waals surface area contributed by atoms with Gasteiger partial charge >= 0.3 is 51.5 Å². The van der Waals surface area contributed by atoms with Crippen molar-refractivity contribution in [3.63, 3.8) is 0 Å². The van der Waals surface area contributed by atoms with Gasteiger partial charge in [-0.1, -0.05) is 0 Å². The molecule has 0 N–H and O–H groups in total. The minimum Gasteiger partial charge on any atom is -0.0149 e. The molecule has 0 atom stereocenters. The van der Waals surface area contributed by atoms with Crippen molar-refractivity contribution in [2.75, 3.05) is 0 Å². The minimum atomic E-state index is -2.00. The fraction of sp³-hybridized carbons (Fsp3) is 0. The summed E-state index contributed by atoms with van der Waals surface area (Å²) < 4.78 is 34.0. The summed E-state index contributed by atoms with van der Waals surface area (Å²) in [5.74, 6) is 0. The molecule has 0 fully saturated rings. The summed E-state index contributed by atoms with van der Waals surface area (Å²) in [6, 6.07) is 0. The molecule has 0 radical (unpaired) electrons. The van der Waals surface area contributed by atoms with Gasteiger partial charge < -0.3 is 0 Å². The first kappa shape index (κ1) is 15.7. The second-order valence-corrected chi connectivity index (χ2v) is 0.687. The van der Waals surface area contributed by atoms with Crippen LogP contribution in [0.2, 0.25) is 0 Å². The number of hydrogen-bond acceptors (Lipinski definition) is 4. The SMILES string of the molecule is [O]=[Ti]=[O].[O]=[Ti]=[O].[SiH4]. The predicted molar refractivity (Wildman–Crippen MR) is 14.1 cm³/mol. The van der Waals surface area contributed by atoms with Crippen LogP contribution in [0, 0.1) is 0 Å². The summed E-state index contributed by atoms with van der Waals surface area (Å²) >= 11 is -4.00. The molecule has 0 aliphatic rings. The fourth-order valence-electron chi connectivity index (χ4n) is 0. The van der Waals surface area contributed by atoms with Gasteiger partial charge in [0.15, 0.2) is 0 Å². The van der Waals surface area contributed by atoms with Gasteiger partial charge in [-0.05, 0) is 11.0 Å². The molecule has 0 spiro atoms. The zero-order valence-electron chi connectivity index (χ0n) is 2.63. The van der Waals surface area contributed by atoms with Crippen LogP contribution >= 0.6 is 0 Å². The van der Waals surface area contributed by atoms with Gasteiger partial charge in [-0.25, -0.2) is 0 Å². The van der Waals surface area contributed by atoms with Crippen molar-refractivity contribution in [2.45, 2.75) is 0 Å². The van der Waals surface area contributed by atoms with E-state index in [0.717, 1.165) is 0 Å². The molecule has 0 amide bonds. The average molecular weight is 192 g/mol. The Labute approximate surface area is 62.2 Å². The van der Waals surface area contributed by atoms with E-state index in [1.165, 1.54) is 0 Å². The molecule has 0 aliphatic carbocycles. The van der Waals surface area contributed by atoms with Crippen LogP contribution in [0.15, 0.2) is 0 Å². The van der Waals surface area contributed by atoms with Gasteiger partial charge in [0.1, 0.15) is 0 Å². The standard InChI is InChI=1S/4O.H4Si.2Ti/h;;;;1H4;;. The van der Waals surface area contributed by atoms with Crippen molar-refractivity contribution in [2.24, 2.45) is 0 Å². The number of rotatable bonds is 0. The molecule has 0 rings (SSSR count). The third-order valence-corrected chi connectivity index (χ3v) is 0. The first-order valence-electron chi connectivity index (χ1n) is 0.816. The summed E-state index contributed by atoms with van der Waals surface area (Å²) in [7, 11) is 0. The van der Waals surface area contributed by atoms with Gasteiger partial charge in [-0.3, -0.25) is 0 Å². The molecular weight excluding hydrogens is 188 g/mol. The molecule has 0 unspecified atom stereocenters.